The number of hydrogen-bond donors (Lipinski definition) is 5. The molecule has 16 heteroatoms. The molecule has 4 aliphatic heterocycles. The zero-order valence-corrected chi connectivity index (χ0v) is 35.0. The molecule has 12 rings (SSSR count). The van der Waals surface area contributed by atoms with E-state index >= 15 is 0 Å². The van der Waals surface area contributed by atoms with Crippen LogP contribution in [0.4, 0.5) is 13.6 Å². The smallest absolute Gasteiger partial charge is 0.410 e. The molecule has 8 heterocycles. The number of ether oxygens (including phenoxy) is 1. The third-order valence-corrected chi connectivity index (χ3v) is 12.8. The van der Waals surface area contributed by atoms with E-state index in [0.717, 1.165) is 101 Å². The summed E-state index contributed by atoms with van der Waals surface area (Å²) < 4.78 is 32.9. The Labute approximate surface area is 360 Å². The third-order valence-electron chi connectivity index (χ3n) is 12.8. The van der Waals surface area contributed by atoms with E-state index in [9.17, 15) is 23.2 Å². The summed E-state index contributed by atoms with van der Waals surface area (Å²) in [4.78, 5) is 65.5. The molecule has 0 bridgehead atoms. The normalized spacial score (nSPS) is 18.1. The van der Waals surface area contributed by atoms with E-state index in [4.69, 9.17) is 14.7 Å². The number of rotatable bonds is 2. The van der Waals surface area contributed by atoms with Crippen LogP contribution in [-0.2, 0) is 43.3 Å². The average Bonchev–Trinajstić information content (AvgIpc) is 3.81. The molecule has 0 unspecified atom stereocenters. The van der Waals surface area contributed by atoms with Crippen molar-refractivity contribution in [1.82, 2.24) is 50.8 Å². The van der Waals surface area contributed by atoms with Crippen LogP contribution in [0, 0.1) is 11.6 Å². The maximum Gasteiger partial charge on any atom is 0.410 e. The molecular weight excluding hydrogens is 807 g/mol. The first-order valence-corrected chi connectivity index (χ1v) is 21.3. The van der Waals surface area contributed by atoms with Crippen molar-refractivity contribution in [2.24, 2.45) is 0 Å². The molecule has 6 aromatic rings. The number of halogens is 2. The fourth-order valence-corrected chi connectivity index (χ4v) is 9.92. The third kappa shape index (κ3) is 6.74. The van der Waals surface area contributed by atoms with Gasteiger partial charge in [0.05, 0.1) is 45.0 Å². The summed E-state index contributed by atoms with van der Waals surface area (Å²) in [6.07, 6.45) is 7.64. The van der Waals surface area contributed by atoms with Gasteiger partial charge < -0.3 is 35.6 Å². The van der Waals surface area contributed by atoms with Crippen molar-refractivity contribution in [3.63, 3.8) is 0 Å². The summed E-state index contributed by atoms with van der Waals surface area (Å²) in [6, 6.07) is 12.5. The maximum atomic E-state index is 13.8. The topological polar surface area (TPSA) is 183 Å². The number of amides is 3. The number of aromatic nitrogens is 6. The van der Waals surface area contributed by atoms with Crippen LogP contribution < -0.4 is 16.0 Å². The van der Waals surface area contributed by atoms with Gasteiger partial charge in [0.1, 0.15) is 17.2 Å². The molecule has 0 saturated carbocycles. The quantitative estimate of drug-likeness (QED) is 0.147. The lowest BCUT2D eigenvalue weighted by Gasteiger charge is -2.51. The van der Waals surface area contributed by atoms with Crippen LogP contribution in [0.3, 0.4) is 0 Å². The predicted molar refractivity (Wildman–Crippen MR) is 228 cm³/mol. The van der Waals surface area contributed by atoms with Crippen LogP contribution in [0.15, 0.2) is 60.9 Å². The van der Waals surface area contributed by atoms with Crippen LogP contribution in [0.25, 0.3) is 45.6 Å². The first-order chi connectivity index (χ1) is 30.2. The minimum atomic E-state index is -0.569. The molecule has 2 saturated heterocycles. The largest absolute Gasteiger partial charge is 0.444 e. The molecule has 0 atom stereocenters. The number of nitrogens with one attached hydrogen (secondary N) is 5. The number of likely N-dealkylation sites (tertiary alicyclic amines) is 1. The minimum absolute atomic E-state index is 0.00288. The van der Waals surface area contributed by atoms with E-state index in [0.29, 0.717) is 54.3 Å². The SMILES string of the molecule is CC(C)(C)OC(=O)N1CC2(Cc3[nH]c4c(c3C(=O)N2)CCc2cnc(-c3cccc(F)c3)nc2-4)C1.O=C1NC2(CNC2)Cc2[nH]c3c(c21)CCc1cnc(-c2cccc(F)c2)nc1-3. The Morgan fingerprint density at radius 3 is 1.67 bits per heavy atom. The summed E-state index contributed by atoms with van der Waals surface area (Å²) in [7, 11) is 0. The van der Waals surface area contributed by atoms with E-state index in [1.54, 1.807) is 35.4 Å². The molecule has 2 aliphatic carbocycles. The molecule has 2 fully saturated rings. The molecule has 2 spiro atoms. The summed E-state index contributed by atoms with van der Waals surface area (Å²) in [6.45, 7) is 7.90. The van der Waals surface area contributed by atoms with Gasteiger partial charge in [-0.15, -0.1) is 0 Å². The highest BCUT2D eigenvalue weighted by Gasteiger charge is 2.52. The van der Waals surface area contributed by atoms with Crippen molar-refractivity contribution in [3.05, 3.63) is 117 Å². The Morgan fingerprint density at radius 1 is 0.714 bits per heavy atom. The zero-order chi connectivity index (χ0) is 43.4. The second-order valence-corrected chi connectivity index (χ2v) is 18.6. The highest BCUT2D eigenvalue weighted by Crippen LogP contribution is 2.42. The van der Waals surface area contributed by atoms with Crippen LogP contribution in [-0.4, -0.2) is 95.6 Å². The van der Waals surface area contributed by atoms with Gasteiger partial charge in [-0.05, 0) is 93.0 Å². The van der Waals surface area contributed by atoms with Crippen molar-refractivity contribution in [3.8, 4) is 45.6 Å². The molecule has 63 heavy (non-hydrogen) atoms. The van der Waals surface area contributed by atoms with E-state index < -0.39 is 11.1 Å². The van der Waals surface area contributed by atoms with Crippen LogP contribution in [0.2, 0.25) is 0 Å². The Morgan fingerprint density at radius 2 is 1.21 bits per heavy atom. The Hall–Kier alpha value is -6.81. The molecule has 3 amide bonds. The van der Waals surface area contributed by atoms with Gasteiger partial charge >= 0.3 is 6.09 Å². The standard InChI is InChI=1S/C26H26FN5O3.C21H18FN5O/c1-25(2,3)35-24(34)32-12-26(13-32)10-18-19(23(33)31-26)17-8-7-15-11-28-22(30-20(15)21(17)29-18)14-5-4-6-16(27)9-14;22-13-3-1-2-11(6-13)19-24-8-12-4-5-14-16-15(25-18(14)17(12)26-19)7-21(9-23-10-21)27-20(16)28/h4-6,9,11,29H,7-8,10,12-13H2,1-3H3,(H,31,33);1-3,6,8,23,25H,4-5,7,9-10H2,(H,27,28). The summed E-state index contributed by atoms with van der Waals surface area (Å²) in [5, 5.41) is 9.60. The highest BCUT2D eigenvalue weighted by atomic mass is 19.1. The Balaban J connectivity index is 0.000000144. The van der Waals surface area contributed by atoms with E-state index in [1.165, 1.54) is 24.3 Å². The molecule has 14 nitrogen and oxygen atoms in total. The van der Waals surface area contributed by atoms with Crippen molar-refractivity contribution < 1.29 is 27.9 Å². The number of fused-ring (bicyclic) bond motifs is 10. The van der Waals surface area contributed by atoms with Gasteiger partial charge in [0.25, 0.3) is 11.8 Å². The molecule has 320 valence electrons. The first kappa shape index (κ1) is 39.1. The van der Waals surface area contributed by atoms with Gasteiger partial charge in [-0.1, -0.05) is 24.3 Å². The second-order valence-electron chi connectivity index (χ2n) is 18.6. The monoisotopic (exact) mass is 850 g/mol. The predicted octanol–water partition coefficient (Wildman–Crippen LogP) is 5.66. The number of H-pyrrole nitrogens is 2. The maximum absolute atomic E-state index is 13.8. The number of benzene rings is 2. The number of aromatic amines is 2. The molecule has 0 radical (unpaired) electrons. The average molecular weight is 851 g/mol. The number of aryl methyl sites for hydroxylation is 2. The van der Waals surface area contributed by atoms with E-state index in [-0.39, 0.29) is 35.1 Å². The molecule has 2 aromatic carbocycles. The van der Waals surface area contributed by atoms with Crippen molar-refractivity contribution in [1.29, 1.82) is 0 Å². The van der Waals surface area contributed by atoms with Crippen LogP contribution in [0.1, 0.15) is 75.1 Å². The lowest BCUT2D eigenvalue weighted by molar-refractivity contribution is -0.0169. The van der Waals surface area contributed by atoms with E-state index in [1.807, 2.05) is 27.0 Å². The number of nitrogens with zero attached hydrogens (tertiary/aromatic N) is 5. The van der Waals surface area contributed by atoms with Crippen molar-refractivity contribution in [2.45, 2.75) is 76.0 Å². The zero-order valence-electron chi connectivity index (χ0n) is 35.0. The number of carbonyl (C=O) groups is 3. The molecule has 4 aromatic heterocycles. The lowest BCUT2D eigenvalue weighted by Crippen LogP contribution is -2.74. The molecule has 5 N–H and O–H groups in total. The highest BCUT2D eigenvalue weighted by molar-refractivity contribution is 6.02. The van der Waals surface area contributed by atoms with Crippen molar-refractivity contribution >= 4 is 17.9 Å². The fraction of sp³-hybridized carbons (Fsp3) is 0.340. The van der Waals surface area contributed by atoms with Gasteiger partial charge in [0.15, 0.2) is 11.6 Å². The van der Waals surface area contributed by atoms with Gasteiger partial charge in [0.2, 0.25) is 0 Å². The molecule has 6 aliphatic rings. The van der Waals surface area contributed by atoms with E-state index in [2.05, 4.69) is 35.9 Å². The second kappa shape index (κ2) is 14.1. The van der Waals surface area contributed by atoms with Gasteiger partial charge in [-0.2, -0.15) is 0 Å². The summed E-state index contributed by atoms with van der Waals surface area (Å²) in [5.74, 6) is 0.145. The lowest BCUT2D eigenvalue weighted by atomic mass is 9.80. The molecular formula is C47H44F2N10O4. The Kier molecular flexibility index (Phi) is 8.75. The van der Waals surface area contributed by atoms with Crippen molar-refractivity contribution in [2.75, 3.05) is 26.2 Å². The summed E-state index contributed by atoms with van der Waals surface area (Å²) >= 11 is 0. The number of hydrogen-bond acceptors (Lipinski definition) is 9. The van der Waals surface area contributed by atoms with Gasteiger partial charge in [-0.3, -0.25) is 9.59 Å². The van der Waals surface area contributed by atoms with Crippen LogP contribution >= 0.6 is 0 Å². The minimum Gasteiger partial charge on any atom is -0.444 e. The fourth-order valence-electron chi connectivity index (χ4n) is 9.92. The van der Waals surface area contributed by atoms with Gasteiger partial charge in [0, 0.05) is 73.9 Å². The summed E-state index contributed by atoms with van der Waals surface area (Å²) in [5.41, 5.74) is 10.6. The van der Waals surface area contributed by atoms with Gasteiger partial charge in [-0.25, -0.2) is 33.5 Å². The van der Waals surface area contributed by atoms with Crippen LogP contribution in [0.5, 0.6) is 0 Å². The first-order valence-electron chi connectivity index (χ1n) is 21.3. The number of carbonyl (C=O) groups excluding carboxylic acids is 3. The Bertz CT molecular complexity index is 2920.